The smallest absolute Gasteiger partial charge is 0.161 e. The second-order valence-electron chi connectivity index (χ2n) is 5.85. The molecule has 4 aromatic heterocycles. The molecule has 6 nitrogen and oxygen atoms in total. The van der Waals surface area contributed by atoms with Crippen molar-refractivity contribution in [2.75, 3.05) is 0 Å². The predicted octanol–water partition coefficient (Wildman–Crippen LogP) is 4.34. The summed E-state index contributed by atoms with van der Waals surface area (Å²) in [6.45, 7) is 0. The summed E-state index contributed by atoms with van der Waals surface area (Å²) in [6, 6.07) is 12.0. The number of hydrogen-bond donors (Lipinski definition) is 1. The maximum absolute atomic E-state index is 6.13. The van der Waals surface area contributed by atoms with E-state index in [1.54, 1.807) is 31.1 Å². The second-order valence-corrected chi connectivity index (χ2v) is 5.85. The van der Waals surface area contributed by atoms with Crippen molar-refractivity contribution >= 4 is 11.1 Å². The van der Waals surface area contributed by atoms with Crippen LogP contribution in [0.1, 0.15) is 0 Å². The van der Waals surface area contributed by atoms with Gasteiger partial charge in [-0.3, -0.25) is 4.98 Å². The first-order valence-electron chi connectivity index (χ1n) is 8.11. The van der Waals surface area contributed by atoms with Crippen LogP contribution in [0.3, 0.4) is 0 Å². The first-order chi connectivity index (χ1) is 12.9. The van der Waals surface area contributed by atoms with E-state index in [0.29, 0.717) is 0 Å². The number of benzene rings is 1. The standard InChI is InChI=1S/C20H13N5O/c1-3-14(4-2-13(1)18-10-23-12-25-18)19-7-17-20(26-19)16(5-6-24-17)15-8-21-11-22-9-15/h1-12H,(H,23,25). The van der Waals surface area contributed by atoms with Crippen LogP contribution in [0.4, 0.5) is 0 Å². The zero-order chi connectivity index (χ0) is 17.3. The fourth-order valence-corrected chi connectivity index (χ4v) is 2.97. The fraction of sp³-hybridized carbons (Fsp3) is 0. The lowest BCUT2D eigenvalue weighted by Gasteiger charge is -2.01. The van der Waals surface area contributed by atoms with E-state index in [1.807, 2.05) is 36.4 Å². The number of rotatable bonds is 3. The van der Waals surface area contributed by atoms with E-state index in [1.165, 1.54) is 6.33 Å². The normalized spacial score (nSPS) is 11.1. The highest BCUT2D eigenvalue weighted by Crippen LogP contribution is 2.33. The Hall–Kier alpha value is -3.80. The summed E-state index contributed by atoms with van der Waals surface area (Å²) in [4.78, 5) is 19.8. The highest BCUT2D eigenvalue weighted by Gasteiger charge is 2.13. The van der Waals surface area contributed by atoms with Gasteiger partial charge in [-0.2, -0.15) is 0 Å². The van der Waals surface area contributed by atoms with E-state index in [9.17, 15) is 0 Å². The molecule has 5 rings (SSSR count). The van der Waals surface area contributed by atoms with E-state index < -0.39 is 0 Å². The molecule has 0 spiro atoms. The van der Waals surface area contributed by atoms with Crippen molar-refractivity contribution in [3.63, 3.8) is 0 Å². The number of aromatic nitrogens is 5. The van der Waals surface area contributed by atoms with Gasteiger partial charge in [-0.1, -0.05) is 24.3 Å². The van der Waals surface area contributed by atoms with E-state index in [-0.39, 0.29) is 0 Å². The molecule has 0 fully saturated rings. The number of furan rings is 1. The monoisotopic (exact) mass is 339 g/mol. The molecule has 4 heterocycles. The lowest BCUT2D eigenvalue weighted by atomic mass is 10.1. The average molecular weight is 339 g/mol. The molecule has 1 aromatic carbocycles. The number of nitrogens with one attached hydrogen (secondary N) is 1. The number of nitrogens with zero attached hydrogens (tertiary/aromatic N) is 4. The molecule has 0 amide bonds. The lowest BCUT2D eigenvalue weighted by molar-refractivity contribution is 0.632. The van der Waals surface area contributed by atoms with Crippen LogP contribution >= 0.6 is 0 Å². The van der Waals surface area contributed by atoms with E-state index in [4.69, 9.17) is 4.42 Å². The van der Waals surface area contributed by atoms with Crippen LogP contribution in [-0.2, 0) is 0 Å². The van der Waals surface area contributed by atoms with Gasteiger partial charge in [0, 0.05) is 41.3 Å². The number of fused-ring (bicyclic) bond motifs is 1. The summed E-state index contributed by atoms with van der Waals surface area (Å²) >= 11 is 0. The molecule has 5 aromatic rings. The summed E-state index contributed by atoms with van der Waals surface area (Å²) in [5.74, 6) is 0.771. The second kappa shape index (κ2) is 5.93. The minimum atomic E-state index is 0.731. The zero-order valence-corrected chi connectivity index (χ0v) is 13.6. The molecule has 0 atom stereocenters. The Morgan fingerprint density at radius 1 is 0.808 bits per heavy atom. The van der Waals surface area contributed by atoms with Crippen LogP contribution in [0, 0.1) is 0 Å². The zero-order valence-electron chi connectivity index (χ0n) is 13.6. The average Bonchev–Trinajstić information content (AvgIpc) is 3.38. The van der Waals surface area contributed by atoms with Crippen LogP contribution in [0.15, 0.2) is 78.3 Å². The molecule has 0 radical (unpaired) electrons. The largest absolute Gasteiger partial charge is 0.454 e. The van der Waals surface area contributed by atoms with E-state index in [0.717, 1.165) is 44.8 Å². The van der Waals surface area contributed by atoms with Gasteiger partial charge in [0.2, 0.25) is 0 Å². The van der Waals surface area contributed by atoms with Gasteiger partial charge in [0.15, 0.2) is 5.58 Å². The summed E-state index contributed by atoms with van der Waals surface area (Å²) in [7, 11) is 0. The maximum atomic E-state index is 6.13. The van der Waals surface area contributed by atoms with Crippen molar-refractivity contribution in [3.8, 4) is 33.7 Å². The summed E-state index contributed by atoms with van der Waals surface area (Å²) in [5.41, 5.74) is 6.40. The first-order valence-corrected chi connectivity index (χ1v) is 8.11. The van der Waals surface area contributed by atoms with Crippen molar-refractivity contribution < 1.29 is 4.42 Å². The number of H-pyrrole nitrogens is 1. The van der Waals surface area contributed by atoms with Crippen LogP contribution in [-0.4, -0.2) is 24.9 Å². The van der Waals surface area contributed by atoms with Gasteiger partial charge < -0.3 is 9.40 Å². The van der Waals surface area contributed by atoms with Crippen molar-refractivity contribution in [1.29, 1.82) is 0 Å². The molecule has 0 unspecified atom stereocenters. The third-order valence-electron chi connectivity index (χ3n) is 4.26. The summed E-state index contributed by atoms with van der Waals surface area (Å²) in [6.07, 6.45) is 10.3. The predicted molar refractivity (Wildman–Crippen MR) is 98.1 cm³/mol. The molecule has 26 heavy (non-hydrogen) atoms. The molecule has 0 aliphatic rings. The highest BCUT2D eigenvalue weighted by atomic mass is 16.3. The van der Waals surface area contributed by atoms with Crippen molar-refractivity contribution in [2.24, 2.45) is 0 Å². The van der Waals surface area contributed by atoms with Crippen molar-refractivity contribution in [3.05, 3.63) is 73.8 Å². The molecular formula is C20H13N5O. The van der Waals surface area contributed by atoms with Gasteiger partial charge in [0.05, 0.1) is 18.2 Å². The summed E-state index contributed by atoms with van der Waals surface area (Å²) in [5, 5.41) is 0. The molecule has 0 saturated heterocycles. The Kier molecular flexibility index (Phi) is 3.31. The van der Waals surface area contributed by atoms with Crippen LogP contribution < -0.4 is 0 Å². The fourth-order valence-electron chi connectivity index (χ4n) is 2.97. The molecule has 6 heteroatoms. The summed E-state index contributed by atoms with van der Waals surface area (Å²) < 4.78 is 6.13. The number of hydrogen-bond acceptors (Lipinski definition) is 5. The Morgan fingerprint density at radius 2 is 1.62 bits per heavy atom. The molecule has 0 saturated carbocycles. The van der Waals surface area contributed by atoms with Crippen LogP contribution in [0.5, 0.6) is 0 Å². The maximum Gasteiger partial charge on any atom is 0.161 e. The minimum Gasteiger partial charge on any atom is -0.454 e. The topological polar surface area (TPSA) is 80.5 Å². The molecule has 0 aliphatic heterocycles. The minimum absolute atomic E-state index is 0.731. The van der Waals surface area contributed by atoms with Gasteiger partial charge in [0.1, 0.15) is 17.6 Å². The number of aromatic amines is 1. The molecule has 0 aliphatic carbocycles. The van der Waals surface area contributed by atoms with E-state index >= 15 is 0 Å². The number of pyridine rings is 1. The van der Waals surface area contributed by atoms with Crippen molar-refractivity contribution in [1.82, 2.24) is 24.9 Å². The third-order valence-corrected chi connectivity index (χ3v) is 4.26. The Labute approximate surface area is 148 Å². The van der Waals surface area contributed by atoms with Gasteiger partial charge in [-0.05, 0) is 11.6 Å². The van der Waals surface area contributed by atoms with Crippen molar-refractivity contribution in [2.45, 2.75) is 0 Å². The SMILES string of the molecule is c1ncc(-c2ccnc3cc(-c4ccc(-c5cnc[nH]5)cc4)oc23)cn1. The van der Waals surface area contributed by atoms with Gasteiger partial charge in [-0.15, -0.1) is 0 Å². The van der Waals surface area contributed by atoms with Gasteiger partial charge >= 0.3 is 0 Å². The quantitative estimate of drug-likeness (QED) is 0.529. The first kappa shape index (κ1) is 14.5. The third kappa shape index (κ3) is 2.44. The molecular weight excluding hydrogens is 326 g/mol. The van der Waals surface area contributed by atoms with Crippen LogP contribution in [0.2, 0.25) is 0 Å². The molecule has 1 N–H and O–H groups in total. The van der Waals surface area contributed by atoms with Crippen LogP contribution in [0.25, 0.3) is 44.8 Å². The molecule has 0 bridgehead atoms. The Morgan fingerprint density at radius 3 is 2.38 bits per heavy atom. The van der Waals surface area contributed by atoms with E-state index in [2.05, 4.69) is 24.9 Å². The van der Waals surface area contributed by atoms with Gasteiger partial charge in [-0.25, -0.2) is 15.0 Å². The number of imidazole rings is 1. The highest BCUT2D eigenvalue weighted by molar-refractivity contribution is 5.92. The lowest BCUT2D eigenvalue weighted by Crippen LogP contribution is -1.83. The molecule has 124 valence electrons. The Balaban J connectivity index is 1.58. The van der Waals surface area contributed by atoms with Gasteiger partial charge in [0.25, 0.3) is 0 Å². The Bertz CT molecular complexity index is 1160.